The van der Waals surface area contributed by atoms with E-state index in [1.807, 2.05) is 30.5 Å². The van der Waals surface area contributed by atoms with Gasteiger partial charge in [0, 0.05) is 23.5 Å². The van der Waals surface area contributed by atoms with Crippen molar-refractivity contribution < 1.29 is 29.1 Å². The van der Waals surface area contributed by atoms with Crippen molar-refractivity contribution in [3.05, 3.63) is 36.0 Å². The third kappa shape index (κ3) is 8.61. The molecule has 3 unspecified atom stereocenters. The molecule has 2 aromatic rings. The van der Waals surface area contributed by atoms with Gasteiger partial charge in [-0.25, -0.2) is 0 Å². The fourth-order valence-corrected chi connectivity index (χ4v) is 3.85. The van der Waals surface area contributed by atoms with Crippen LogP contribution in [-0.4, -0.2) is 76.4 Å². The molecule has 0 aliphatic heterocycles. The van der Waals surface area contributed by atoms with Gasteiger partial charge in [-0.1, -0.05) is 18.2 Å². The number of nitrogens with two attached hydrogens (primary N) is 2. The largest absolute Gasteiger partial charge is 0.480 e. The van der Waals surface area contributed by atoms with E-state index < -0.39 is 54.3 Å². The Bertz CT molecular complexity index is 1070. The van der Waals surface area contributed by atoms with Crippen LogP contribution in [0.2, 0.25) is 0 Å². The first-order valence-corrected chi connectivity index (χ1v) is 12.2. The molecule has 0 spiro atoms. The molecule has 0 bridgehead atoms. The topological polar surface area (TPSA) is 209 Å². The number of aromatic nitrogens is 1. The molecule has 35 heavy (non-hydrogen) atoms. The second kappa shape index (κ2) is 13.3. The number of primary amides is 1. The van der Waals surface area contributed by atoms with Gasteiger partial charge in [-0.3, -0.25) is 24.0 Å². The molecule has 3 atom stereocenters. The van der Waals surface area contributed by atoms with E-state index in [9.17, 15) is 24.0 Å². The summed E-state index contributed by atoms with van der Waals surface area (Å²) in [6.07, 6.45) is 3.46. The monoisotopic (exact) mass is 506 g/mol. The Kier molecular flexibility index (Phi) is 10.5. The highest BCUT2D eigenvalue weighted by Gasteiger charge is 2.29. The molecular formula is C22H30N6O6S. The van der Waals surface area contributed by atoms with Gasteiger partial charge in [-0.15, -0.1) is 0 Å². The summed E-state index contributed by atoms with van der Waals surface area (Å²) in [5, 5.41) is 17.2. The predicted octanol–water partition coefficient (Wildman–Crippen LogP) is -1.16. The lowest BCUT2D eigenvalue weighted by Crippen LogP contribution is -2.57. The fraction of sp³-hybridized carbons (Fsp3) is 0.409. The highest BCUT2D eigenvalue weighted by Crippen LogP contribution is 2.19. The number of aliphatic carboxylic acids is 1. The molecule has 13 heteroatoms. The van der Waals surface area contributed by atoms with Crippen molar-refractivity contribution in [2.75, 3.05) is 18.6 Å². The second-order valence-corrected chi connectivity index (χ2v) is 8.84. The number of H-pyrrole nitrogens is 1. The number of rotatable bonds is 14. The zero-order chi connectivity index (χ0) is 26.0. The third-order valence-corrected chi connectivity index (χ3v) is 5.79. The van der Waals surface area contributed by atoms with Crippen LogP contribution in [0.5, 0.6) is 0 Å². The third-order valence-electron chi connectivity index (χ3n) is 5.15. The molecular weight excluding hydrogens is 476 g/mol. The molecule has 0 fully saturated rings. The van der Waals surface area contributed by atoms with E-state index in [-0.39, 0.29) is 19.3 Å². The van der Waals surface area contributed by atoms with Crippen LogP contribution in [0.25, 0.3) is 10.9 Å². The van der Waals surface area contributed by atoms with Crippen molar-refractivity contribution >= 4 is 52.3 Å². The number of carbonyl (C=O) groups excluding carboxylic acids is 4. The Morgan fingerprint density at radius 2 is 1.74 bits per heavy atom. The summed E-state index contributed by atoms with van der Waals surface area (Å²) in [7, 11) is 0. The fourth-order valence-electron chi connectivity index (χ4n) is 3.38. The standard InChI is InChI=1S/C22H30N6O6S/c1-35-7-6-16(27-20(32)14(23)9-18(24)29)22(34)28-17(21(33)26-11-19(30)31)8-12-10-25-15-5-3-2-4-13(12)15/h2-5,10,14,16-17,25H,6-9,11,23H2,1H3,(H2,24,29)(H,26,33)(H,27,32)(H,28,34)(H,30,31). The highest BCUT2D eigenvalue weighted by molar-refractivity contribution is 7.98. The average molecular weight is 507 g/mol. The number of carboxylic acids is 1. The zero-order valence-electron chi connectivity index (χ0n) is 19.2. The van der Waals surface area contributed by atoms with Crippen molar-refractivity contribution in [2.45, 2.75) is 37.4 Å². The van der Waals surface area contributed by atoms with E-state index >= 15 is 0 Å². The van der Waals surface area contributed by atoms with Crippen molar-refractivity contribution in [2.24, 2.45) is 11.5 Å². The molecule has 1 heterocycles. The van der Waals surface area contributed by atoms with Gasteiger partial charge in [0.2, 0.25) is 23.6 Å². The van der Waals surface area contributed by atoms with Crippen molar-refractivity contribution in [3.8, 4) is 0 Å². The Balaban J connectivity index is 2.22. The number of nitrogens with one attached hydrogen (secondary N) is 4. The first-order chi connectivity index (χ1) is 16.6. The Labute approximate surface area is 205 Å². The Morgan fingerprint density at radius 1 is 1.06 bits per heavy atom. The van der Waals surface area contributed by atoms with E-state index in [2.05, 4.69) is 20.9 Å². The van der Waals surface area contributed by atoms with E-state index in [1.165, 1.54) is 11.8 Å². The maximum atomic E-state index is 13.1. The van der Waals surface area contributed by atoms with Crippen LogP contribution < -0.4 is 27.4 Å². The molecule has 0 radical (unpaired) electrons. The van der Waals surface area contributed by atoms with Gasteiger partial charge in [-0.2, -0.15) is 11.8 Å². The van der Waals surface area contributed by atoms with Crippen molar-refractivity contribution in [1.82, 2.24) is 20.9 Å². The maximum Gasteiger partial charge on any atom is 0.322 e. The molecule has 0 saturated heterocycles. The number of benzene rings is 1. The number of amides is 4. The van der Waals surface area contributed by atoms with Crippen LogP contribution in [0.1, 0.15) is 18.4 Å². The van der Waals surface area contributed by atoms with Gasteiger partial charge < -0.3 is 37.5 Å². The predicted molar refractivity (Wildman–Crippen MR) is 131 cm³/mol. The molecule has 190 valence electrons. The lowest BCUT2D eigenvalue weighted by molar-refractivity contribution is -0.138. The van der Waals surface area contributed by atoms with Gasteiger partial charge in [0.05, 0.1) is 12.5 Å². The number of thioether (sulfide) groups is 1. The Morgan fingerprint density at radius 3 is 2.40 bits per heavy atom. The van der Waals surface area contributed by atoms with Crippen molar-refractivity contribution in [1.29, 1.82) is 0 Å². The number of para-hydroxylation sites is 1. The molecule has 9 N–H and O–H groups in total. The smallest absolute Gasteiger partial charge is 0.322 e. The molecule has 0 aliphatic carbocycles. The van der Waals surface area contributed by atoms with Gasteiger partial charge >= 0.3 is 5.97 Å². The normalized spacial score (nSPS) is 13.4. The minimum atomic E-state index is -1.23. The van der Waals surface area contributed by atoms with E-state index in [1.54, 1.807) is 6.20 Å². The van der Waals surface area contributed by atoms with Gasteiger partial charge in [0.15, 0.2) is 0 Å². The SMILES string of the molecule is CSCCC(NC(=O)C(N)CC(N)=O)C(=O)NC(Cc1c[nH]c2ccccc12)C(=O)NCC(=O)O. The van der Waals surface area contributed by atoms with E-state index in [0.717, 1.165) is 16.5 Å². The number of fused-ring (bicyclic) bond motifs is 1. The summed E-state index contributed by atoms with van der Waals surface area (Å²) in [6.45, 7) is -0.617. The molecule has 1 aromatic carbocycles. The molecule has 0 saturated carbocycles. The van der Waals surface area contributed by atoms with Crippen molar-refractivity contribution in [3.63, 3.8) is 0 Å². The number of carboxylic acid groups (broad SMARTS) is 1. The summed E-state index contributed by atoms with van der Waals surface area (Å²) in [4.78, 5) is 63.3. The lowest BCUT2D eigenvalue weighted by Gasteiger charge is -2.24. The first-order valence-electron chi connectivity index (χ1n) is 10.8. The van der Waals surface area contributed by atoms with Gasteiger partial charge in [-0.05, 0) is 30.1 Å². The van der Waals surface area contributed by atoms with Crippen LogP contribution in [0, 0.1) is 0 Å². The number of carbonyl (C=O) groups is 5. The van der Waals surface area contributed by atoms with E-state index in [4.69, 9.17) is 16.6 Å². The summed E-state index contributed by atoms with van der Waals surface area (Å²) in [5.41, 5.74) is 12.3. The summed E-state index contributed by atoms with van der Waals surface area (Å²) in [6, 6.07) is 4.03. The molecule has 1 aromatic heterocycles. The maximum absolute atomic E-state index is 13.1. The second-order valence-electron chi connectivity index (χ2n) is 7.86. The highest BCUT2D eigenvalue weighted by atomic mass is 32.2. The zero-order valence-corrected chi connectivity index (χ0v) is 20.0. The van der Waals surface area contributed by atoms with Crippen LogP contribution in [0.4, 0.5) is 0 Å². The van der Waals surface area contributed by atoms with E-state index in [0.29, 0.717) is 5.75 Å². The average Bonchev–Trinajstić information content (AvgIpc) is 3.21. The van der Waals surface area contributed by atoms with Crippen LogP contribution in [0.3, 0.4) is 0 Å². The number of hydrogen-bond acceptors (Lipinski definition) is 7. The Hall–Kier alpha value is -3.58. The minimum Gasteiger partial charge on any atom is -0.480 e. The number of aromatic amines is 1. The van der Waals surface area contributed by atoms with Gasteiger partial charge in [0.25, 0.3) is 0 Å². The molecule has 12 nitrogen and oxygen atoms in total. The quantitative estimate of drug-likeness (QED) is 0.166. The number of hydrogen-bond donors (Lipinski definition) is 7. The van der Waals surface area contributed by atoms with Gasteiger partial charge in [0.1, 0.15) is 18.6 Å². The lowest BCUT2D eigenvalue weighted by atomic mass is 10.0. The van der Waals surface area contributed by atoms with Crippen LogP contribution in [0.15, 0.2) is 30.5 Å². The molecule has 0 aliphatic rings. The van der Waals surface area contributed by atoms with Crippen LogP contribution >= 0.6 is 11.8 Å². The summed E-state index contributed by atoms with van der Waals surface area (Å²) in [5.74, 6) is -3.54. The van der Waals surface area contributed by atoms with Crippen LogP contribution in [-0.2, 0) is 30.4 Å². The molecule has 2 rings (SSSR count). The molecule has 4 amide bonds. The minimum absolute atomic E-state index is 0.0750. The first kappa shape index (κ1) is 27.7. The summed E-state index contributed by atoms with van der Waals surface area (Å²) >= 11 is 1.45. The summed E-state index contributed by atoms with van der Waals surface area (Å²) < 4.78 is 0.